The Morgan fingerprint density at radius 3 is 2.38 bits per heavy atom. The number of ether oxygens (including phenoxy) is 1. The van der Waals surface area contributed by atoms with Crippen molar-refractivity contribution in [1.29, 1.82) is 0 Å². The van der Waals surface area contributed by atoms with Crippen molar-refractivity contribution < 1.29 is 71.2 Å². The quantitative estimate of drug-likeness (QED) is 0.206. The molecule has 1 saturated carbocycles. The monoisotopic (exact) mass is 667 g/mol. The van der Waals surface area contributed by atoms with Crippen molar-refractivity contribution in [3.8, 4) is 11.1 Å². The molecule has 0 spiro atoms. The van der Waals surface area contributed by atoms with E-state index in [0.29, 0.717) is 18.0 Å². The smallest absolute Gasteiger partial charge is 0.388 e. The van der Waals surface area contributed by atoms with E-state index in [9.17, 15) is 15.0 Å². The average Bonchev–Trinajstić information content (AvgIpc) is 3.71. The van der Waals surface area contributed by atoms with Gasteiger partial charge in [-0.2, -0.15) is 10.1 Å². The molecule has 6 rings (SSSR count). The summed E-state index contributed by atoms with van der Waals surface area (Å²) in [7, 11) is 0. The molecule has 0 amide bonds. The van der Waals surface area contributed by atoms with Gasteiger partial charge in [0.05, 0.1) is 23.5 Å². The van der Waals surface area contributed by atoms with E-state index < -0.39 is 12.0 Å². The number of benzene rings is 2. The molecule has 2 aromatic carbocycles. The van der Waals surface area contributed by atoms with Crippen LogP contribution >= 0.6 is 0 Å². The molecule has 0 radical (unpaired) electrons. The van der Waals surface area contributed by atoms with Crippen molar-refractivity contribution in [2.24, 2.45) is 4.99 Å². The van der Waals surface area contributed by atoms with Crippen LogP contribution < -0.4 is 62.4 Å². The minimum Gasteiger partial charge on any atom is -0.388 e. The molecule has 3 N–H and O–H groups in total. The van der Waals surface area contributed by atoms with Gasteiger partial charge in [-0.25, -0.2) is 19.8 Å². The van der Waals surface area contributed by atoms with Crippen LogP contribution in [0.2, 0.25) is 0 Å². The number of fused-ring (bicyclic) bond motifs is 1. The molecular formula is C35H44KN6O5+. The van der Waals surface area contributed by atoms with Crippen LogP contribution in [0, 0.1) is 0 Å². The molecule has 0 bridgehead atoms. The van der Waals surface area contributed by atoms with E-state index in [2.05, 4.69) is 39.6 Å². The van der Waals surface area contributed by atoms with E-state index in [-0.39, 0.29) is 75.2 Å². The van der Waals surface area contributed by atoms with Gasteiger partial charge in [0, 0.05) is 23.6 Å². The third kappa shape index (κ3) is 7.81. The maximum absolute atomic E-state index is 14.4. The van der Waals surface area contributed by atoms with Crippen LogP contribution in [0.15, 0.2) is 64.6 Å². The molecule has 3 heterocycles. The number of hydroxylamine groups is 1. The molecule has 0 saturated heterocycles. The molecule has 2 unspecified atom stereocenters. The first-order chi connectivity index (χ1) is 22.2. The molecule has 2 aliphatic rings. The Morgan fingerprint density at radius 2 is 1.77 bits per heavy atom. The molecule has 244 valence electrons. The zero-order chi connectivity index (χ0) is 32.4. The zero-order valence-corrected chi connectivity index (χ0v) is 31.1. The summed E-state index contributed by atoms with van der Waals surface area (Å²) in [4.78, 5) is 28.1. The van der Waals surface area contributed by atoms with Crippen molar-refractivity contribution in [3.05, 3.63) is 87.6 Å². The van der Waals surface area contributed by atoms with Crippen LogP contribution in [0.3, 0.4) is 0 Å². The number of aliphatic hydroxyl groups is 2. The Morgan fingerprint density at radius 1 is 1.06 bits per heavy atom. The molecule has 1 aliphatic carbocycles. The Kier molecular flexibility index (Phi) is 11.9. The van der Waals surface area contributed by atoms with Crippen LogP contribution in [0.1, 0.15) is 94.6 Å². The van der Waals surface area contributed by atoms with Crippen LogP contribution in [0.25, 0.3) is 16.9 Å². The summed E-state index contributed by atoms with van der Waals surface area (Å²) in [6, 6.07) is 16.0. The van der Waals surface area contributed by atoms with Gasteiger partial charge in [-0.15, -0.1) is 0 Å². The topological polar surface area (TPSA) is 136 Å². The van der Waals surface area contributed by atoms with E-state index in [1.165, 1.54) is 6.33 Å². The Hall–Kier alpha value is -2.26. The molecule has 2 aromatic heterocycles. The van der Waals surface area contributed by atoms with Crippen molar-refractivity contribution >= 4 is 11.6 Å². The first-order valence-electron chi connectivity index (χ1n) is 16.4. The minimum absolute atomic E-state index is 0. The van der Waals surface area contributed by atoms with Crippen molar-refractivity contribution in [2.45, 2.75) is 109 Å². The largest absolute Gasteiger partial charge is 1.00 e. The number of aliphatic hydroxyl groups excluding tert-OH is 1. The summed E-state index contributed by atoms with van der Waals surface area (Å²) in [6.07, 6.45) is 6.14. The van der Waals surface area contributed by atoms with Gasteiger partial charge >= 0.3 is 51.4 Å². The molecule has 1 aliphatic heterocycles. The van der Waals surface area contributed by atoms with E-state index >= 15 is 0 Å². The second-order valence-electron chi connectivity index (χ2n) is 12.9. The minimum atomic E-state index is -1.23. The number of aliphatic imine (C=N–C) groups is 1. The maximum atomic E-state index is 14.4. The van der Waals surface area contributed by atoms with Gasteiger partial charge in [-0.05, 0) is 69.1 Å². The standard InChI is InChI=1S/C35H44N6O5.K/c1-5-9-29-28(20-22-12-14-23(15-13-22)26-10-7-8-11-27(26)31-38-34(43)46-39-31)32(42)40(33-36-21-37-41(29)33)24-16-18-25(19-17-24)45-30(6-2)35(3,4)44;/h7-8,10-15,21,24-25,30,34,43-44H,5-6,9,16-20H2,1-4H3,(H,38,39);/q;+1. The van der Waals surface area contributed by atoms with E-state index in [4.69, 9.17) is 9.57 Å². The van der Waals surface area contributed by atoms with Gasteiger partial charge in [0.1, 0.15) is 6.33 Å². The Balaban J connectivity index is 0.00000433. The molecule has 12 heteroatoms. The summed E-state index contributed by atoms with van der Waals surface area (Å²) in [6.45, 7) is 7.73. The number of hydrogen-bond acceptors (Lipinski definition) is 9. The van der Waals surface area contributed by atoms with Gasteiger partial charge < -0.3 is 14.9 Å². The number of hydrogen-bond donors (Lipinski definition) is 3. The summed E-state index contributed by atoms with van der Waals surface area (Å²) in [5.41, 5.74) is 7.21. The summed E-state index contributed by atoms with van der Waals surface area (Å²) in [5.74, 6) is 1.06. The van der Waals surface area contributed by atoms with Gasteiger partial charge in [-0.1, -0.05) is 68.8 Å². The maximum Gasteiger partial charge on any atom is 1.00 e. The van der Waals surface area contributed by atoms with Crippen LogP contribution in [-0.4, -0.2) is 59.4 Å². The first-order valence-corrected chi connectivity index (χ1v) is 16.4. The number of aryl methyl sites for hydroxylation is 1. The predicted molar refractivity (Wildman–Crippen MR) is 175 cm³/mol. The molecule has 1 fully saturated rings. The Labute approximate surface area is 317 Å². The second kappa shape index (κ2) is 15.5. The normalized spacial score (nSPS) is 20.5. The fraction of sp³-hybridized carbons (Fsp3) is 0.486. The van der Waals surface area contributed by atoms with E-state index in [0.717, 1.165) is 78.5 Å². The van der Waals surface area contributed by atoms with Gasteiger partial charge in [-0.3, -0.25) is 9.36 Å². The van der Waals surface area contributed by atoms with Crippen LogP contribution in [0.4, 0.5) is 0 Å². The van der Waals surface area contributed by atoms with E-state index in [1.54, 1.807) is 13.8 Å². The van der Waals surface area contributed by atoms with Crippen LogP contribution in [0.5, 0.6) is 0 Å². The molecule has 47 heavy (non-hydrogen) atoms. The number of rotatable bonds is 11. The van der Waals surface area contributed by atoms with Crippen molar-refractivity contribution in [1.82, 2.24) is 24.6 Å². The summed E-state index contributed by atoms with van der Waals surface area (Å²) >= 11 is 0. The van der Waals surface area contributed by atoms with E-state index in [1.807, 2.05) is 52.4 Å². The number of nitrogens with one attached hydrogen (secondary N) is 1. The molecular weight excluding hydrogens is 624 g/mol. The van der Waals surface area contributed by atoms with Crippen LogP contribution in [-0.2, 0) is 22.4 Å². The average molecular weight is 668 g/mol. The Bertz CT molecular complexity index is 1760. The fourth-order valence-corrected chi connectivity index (χ4v) is 6.86. The SMILES string of the molecule is CCCc1c(Cc2ccc(-c3ccccc3C3=NC(O)ON3)cc2)c(=O)n(C2CCC(OC(CC)C(C)(C)O)CC2)c2ncnn12.[K+]. The predicted octanol–water partition coefficient (Wildman–Crippen LogP) is 1.71. The van der Waals surface area contributed by atoms with Gasteiger partial charge in [0.25, 0.3) is 12.0 Å². The van der Waals surface area contributed by atoms with Crippen molar-refractivity contribution in [2.75, 3.05) is 0 Å². The molecule has 11 nitrogen and oxygen atoms in total. The number of amidine groups is 1. The second-order valence-corrected chi connectivity index (χ2v) is 12.9. The van der Waals surface area contributed by atoms with Gasteiger partial charge in [0.15, 0.2) is 5.84 Å². The van der Waals surface area contributed by atoms with Gasteiger partial charge in [0.2, 0.25) is 5.78 Å². The summed E-state index contributed by atoms with van der Waals surface area (Å²) < 4.78 is 10.1. The first kappa shape index (κ1) is 36.0. The number of nitrogens with zero attached hydrogens (tertiary/aromatic N) is 5. The summed E-state index contributed by atoms with van der Waals surface area (Å²) in [5, 5.41) is 24.8. The zero-order valence-electron chi connectivity index (χ0n) is 28.0. The number of aromatic nitrogens is 4. The molecule has 2 atom stereocenters. The third-order valence-electron chi connectivity index (χ3n) is 9.17. The van der Waals surface area contributed by atoms with Crippen molar-refractivity contribution in [3.63, 3.8) is 0 Å². The molecule has 4 aromatic rings. The fourth-order valence-electron chi connectivity index (χ4n) is 6.86. The third-order valence-corrected chi connectivity index (χ3v) is 9.17.